The van der Waals surface area contributed by atoms with Crippen LogP contribution in [0.5, 0.6) is 5.75 Å². The van der Waals surface area contributed by atoms with Crippen molar-refractivity contribution in [3.63, 3.8) is 0 Å². The molecule has 3 N–H and O–H groups in total. The number of carbonyl (C=O) groups excluding carboxylic acids is 1. The molecule has 0 aromatic heterocycles. The molecule has 1 aliphatic rings. The highest BCUT2D eigenvalue weighted by Crippen LogP contribution is 2.32. The van der Waals surface area contributed by atoms with Gasteiger partial charge in [-0.15, -0.1) is 12.4 Å². The fraction of sp³-hybridized carbons (Fsp3) is 0.350. The van der Waals surface area contributed by atoms with E-state index >= 15 is 0 Å². The molecule has 2 atom stereocenters. The van der Waals surface area contributed by atoms with Crippen molar-refractivity contribution in [2.75, 3.05) is 6.54 Å². The van der Waals surface area contributed by atoms with Crippen LogP contribution in [0, 0.1) is 5.92 Å². The van der Waals surface area contributed by atoms with Crippen molar-refractivity contribution in [2.24, 2.45) is 11.7 Å². The minimum atomic E-state index is -0.541. The van der Waals surface area contributed by atoms with Crippen LogP contribution in [0.15, 0.2) is 54.6 Å². The standard InChI is InChI=1S/C20H24N2O2.ClH/c1-14(20(23)22-19(13-21)17-7-8-17)24-18-11-9-16(10-12-18)15-5-3-2-4-6-15;/h2-6,9-12,14,17,19H,7-8,13,21H2,1H3,(H,22,23);1H. The zero-order valence-corrected chi connectivity index (χ0v) is 15.2. The first-order chi connectivity index (χ1) is 11.7. The molecule has 0 heterocycles. The molecule has 134 valence electrons. The molecule has 1 saturated carbocycles. The smallest absolute Gasteiger partial charge is 0.261 e. The summed E-state index contributed by atoms with van der Waals surface area (Å²) in [6.45, 7) is 2.25. The van der Waals surface area contributed by atoms with Crippen LogP contribution in [0.4, 0.5) is 0 Å². The molecular formula is C20H25ClN2O2. The number of nitrogens with two attached hydrogens (primary N) is 1. The summed E-state index contributed by atoms with van der Waals surface area (Å²) >= 11 is 0. The third-order valence-corrected chi connectivity index (χ3v) is 4.42. The van der Waals surface area contributed by atoms with E-state index in [0.29, 0.717) is 18.2 Å². The van der Waals surface area contributed by atoms with Crippen molar-refractivity contribution in [1.29, 1.82) is 0 Å². The molecule has 0 radical (unpaired) electrons. The lowest BCUT2D eigenvalue weighted by Gasteiger charge is -2.20. The zero-order chi connectivity index (χ0) is 16.9. The van der Waals surface area contributed by atoms with Crippen LogP contribution in [0.3, 0.4) is 0 Å². The molecule has 0 aliphatic heterocycles. The van der Waals surface area contributed by atoms with Gasteiger partial charge in [-0.2, -0.15) is 0 Å². The number of carbonyl (C=O) groups is 1. The topological polar surface area (TPSA) is 64.3 Å². The van der Waals surface area contributed by atoms with Gasteiger partial charge in [-0.05, 0) is 48.9 Å². The molecule has 25 heavy (non-hydrogen) atoms. The molecule has 3 rings (SSSR count). The summed E-state index contributed by atoms with van der Waals surface area (Å²) in [5.41, 5.74) is 8.01. The second kappa shape index (κ2) is 8.88. The number of halogens is 1. The normalized spacial score (nSPS) is 15.6. The molecule has 5 heteroatoms. The van der Waals surface area contributed by atoms with E-state index in [9.17, 15) is 4.79 Å². The first kappa shape index (κ1) is 19.3. The Labute approximate surface area is 155 Å². The van der Waals surface area contributed by atoms with Gasteiger partial charge in [0, 0.05) is 12.6 Å². The van der Waals surface area contributed by atoms with Gasteiger partial charge >= 0.3 is 0 Å². The lowest BCUT2D eigenvalue weighted by Crippen LogP contribution is -2.46. The van der Waals surface area contributed by atoms with E-state index in [0.717, 1.165) is 24.0 Å². The molecule has 0 spiro atoms. The molecule has 2 aromatic rings. The van der Waals surface area contributed by atoms with Crippen LogP contribution in [0.1, 0.15) is 19.8 Å². The van der Waals surface area contributed by atoms with E-state index in [1.165, 1.54) is 0 Å². The van der Waals surface area contributed by atoms with Gasteiger partial charge < -0.3 is 15.8 Å². The summed E-state index contributed by atoms with van der Waals surface area (Å²) in [6, 6.07) is 18.0. The van der Waals surface area contributed by atoms with Crippen LogP contribution < -0.4 is 15.8 Å². The Kier molecular flexibility index (Phi) is 6.85. The SMILES string of the molecule is CC(Oc1ccc(-c2ccccc2)cc1)C(=O)NC(CN)C1CC1.Cl. The van der Waals surface area contributed by atoms with Crippen molar-refractivity contribution < 1.29 is 9.53 Å². The summed E-state index contributed by atoms with van der Waals surface area (Å²) in [4.78, 5) is 12.2. The van der Waals surface area contributed by atoms with E-state index in [1.54, 1.807) is 6.92 Å². The number of hydrogen-bond acceptors (Lipinski definition) is 3. The Hall–Kier alpha value is -2.04. The molecule has 1 fully saturated rings. The summed E-state index contributed by atoms with van der Waals surface area (Å²) in [7, 11) is 0. The second-order valence-corrected chi connectivity index (χ2v) is 6.34. The molecule has 0 saturated heterocycles. The van der Waals surface area contributed by atoms with Gasteiger partial charge in [0.2, 0.25) is 0 Å². The van der Waals surface area contributed by atoms with Gasteiger partial charge in [-0.1, -0.05) is 42.5 Å². The Bertz CT molecular complexity index is 672. The number of rotatable bonds is 7. The van der Waals surface area contributed by atoms with Crippen molar-refractivity contribution in [1.82, 2.24) is 5.32 Å². The number of amides is 1. The van der Waals surface area contributed by atoms with E-state index in [-0.39, 0.29) is 24.4 Å². The molecule has 0 bridgehead atoms. The average Bonchev–Trinajstić information content (AvgIpc) is 3.46. The fourth-order valence-corrected chi connectivity index (χ4v) is 2.78. The van der Waals surface area contributed by atoms with E-state index in [4.69, 9.17) is 10.5 Å². The van der Waals surface area contributed by atoms with E-state index < -0.39 is 6.10 Å². The summed E-state index contributed by atoms with van der Waals surface area (Å²) in [6.07, 6.45) is 1.76. The predicted octanol–water partition coefficient (Wildman–Crippen LogP) is 3.40. The number of hydrogen-bond donors (Lipinski definition) is 2. The molecule has 2 unspecified atom stereocenters. The molecule has 1 aliphatic carbocycles. The Morgan fingerprint density at radius 3 is 2.28 bits per heavy atom. The third kappa shape index (κ3) is 5.21. The van der Waals surface area contributed by atoms with Gasteiger partial charge in [-0.3, -0.25) is 4.79 Å². The van der Waals surface area contributed by atoms with Crippen molar-refractivity contribution in [3.05, 3.63) is 54.6 Å². The second-order valence-electron chi connectivity index (χ2n) is 6.34. The summed E-state index contributed by atoms with van der Waals surface area (Å²) in [5.74, 6) is 1.12. The quantitative estimate of drug-likeness (QED) is 0.795. The van der Waals surface area contributed by atoms with Gasteiger partial charge in [-0.25, -0.2) is 0 Å². The van der Waals surface area contributed by atoms with Gasteiger partial charge in [0.15, 0.2) is 6.10 Å². The third-order valence-electron chi connectivity index (χ3n) is 4.42. The fourth-order valence-electron chi connectivity index (χ4n) is 2.78. The Balaban J connectivity index is 0.00000225. The van der Waals surface area contributed by atoms with Crippen LogP contribution in [-0.2, 0) is 4.79 Å². The first-order valence-electron chi connectivity index (χ1n) is 8.50. The zero-order valence-electron chi connectivity index (χ0n) is 14.4. The lowest BCUT2D eigenvalue weighted by atomic mass is 10.1. The molecular weight excluding hydrogens is 336 g/mol. The highest BCUT2D eigenvalue weighted by atomic mass is 35.5. The van der Waals surface area contributed by atoms with Gasteiger partial charge in [0.25, 0.3) is 5.91 Å². The van der Waals surface area contributed by atoms with E-state index in [1.807, 2.05) is 42.5 Å². The van der Waals surface area contributed by atoms with Crippen molar-refractivity contribution >= 4 is 18.3 Å². The van der Waals surface area contributed by atoms with Gasteiger partial charge in [0.1, 0.15) is 5.75 Å². The van der Waals surface area contributed by atoms with E-state index in [2.05, 4.69) is 17.4 Å². The van der Waals surface area contributed by atoms with Crippen molar-refractivity contribution in [3.8, 4) is 16.9 Å². The largest absolute Gasteiger partial charge is 0.481 e. The summed E-state index contributed by atoms with van der Waals surface area (Å²) < 4.78 is 5.76. The number of benzene rings is 2. The first-order valence-corrected chi connectivity index (χ1v) is 8.50. The highest BCUT2D eigenvalue weighted by molar-refractivity contribution is 5.85. The molecule has 2 aromatic carbocycles. The van der Waals surface area contributed by atoms with Crippen LogP contribution in [0.25, 0.3) is 11.1 Å². The van der Waals surface area contributed by atoms with Crippen LogP contribution >= 0.6 is 12.4 Å². The highest BCUT2D eigenvalue weighted by Gasteiger charge is 2.32. The van der Waals surface area contributed by atoms with Crippen molar-refractivity contribution in [2.45, 2.75) is 31.9 Å². The minimum Gasteiger partial charge on any atom is -0.481 e. The monoisotopic (exact) mass is 360 g/mol. The lowest BCUT2D eigenvalue weighted by molar-refractivity contribution is -0.128. The Morgan fingerprint density at radius 1 is 1.12 bits per heavy atom. The number of nitrogens with one attached hydrogen (secondary N) is 1. The van der Waals surface area contributed by atoms with Crippen LogP contribution in [-0.4, -0.2) is 24.6 Å². The maximum atomic E-state index is 12.2. The maximum absolute atomic E-state index is 12.2. The minimum absolute atomic E-state index is 0. The predicted molar refractivity (Wildman–Crippen MR) is 103 cm³/mol. The summed E-state index contributed by atoms with van der Waals surface area (Å²) in [5, 5.41) is 3.00. The molecule has 4 nitrogen and oxygen atoms in total. The Morgan fingerprint density at radius 2 is 1.72 bits per heavy atom. The molecule has 1 amide bonds. The maximum Gasteiger partial charge on any atom is 0.261 e. The van der Waals surface area contributed by atoms with Gasteiger partial charge in [0.05, 0.1) is 0 Å². The van der Waals surface area contributed by atoms with Crippen LogP contribution in [0.2, 0.25) is 0 Å². The number of ether oxygens (including phenoxy) is 1. The average molecular weight is 361 g/mol.